The quantitative estimate of drug-likeness (QED) is 0.662. The number of anilines is 2. The molecular formula is C20H22N4O3. The van der Waals surface area contributed by atoms with Crippen molar-refractivity contribution < 1.29 is 14.2 Å². The van der Waals surface area contributed by atoms with E-state index in [9.17, 15) is 0 Å². The summed E-state index contributed by atoms with van der Waals surface area (Å²) in [4.78, 5) is 7.99. The molecule has 0 aliphatic carbocycles. The molecule has 0 atom stereocenters. The van der Waals surface area contributed by atoms with Crippen LogP contribution < -0.4 is 25.7 Å². The van der Waals surface area contributed by atoms with Gasteiger partial charge in [-0.15, -0.1) is 0 Å². The molecular weight excluding hydrogens is 344 g/mol. The first-order valence-corrected chi connectivity index (χ1v) is 8.39. The van der Waals surface area contributed by atoms with Crippen LogP contribution in [0.15, 0.2) is 48.7 Å². The largest absolute Gasteiger partial charge is 0.493 e. The molecule has 0 spiro atoms. The van der Waals surface area contributed by atoms with Gasteiger partial charge < -0.3 is 25.7 Å². The molecule has 0 radical (unpaired) electrons. The molecule has 1 aromatic heterocycles. The van der Waals surface area contributed by atoms with Crippen molar-refractivity contribution in [2.45, 2.75) is 13.0 Å². The van der Waals surface area contributed by atoms with Crippen LogP contribution in [-0.4, -0.2) is 24.2 Å². The van der Waals surface area contributed by atoms with E-state index in [1.54, 1.807) is 20.4 Å². The van der Waals surface area contributed by atoms with Crippen LogP contribution in [0.4, 0.5) is 11.8 Å². The monoisotopic (exact) mass is 366 g/mol. The Morgan fingerprint density at radius 2 is 1.59 bits per heavy atom. The summed E-state index contributed by atoms with van der Waals surface area (Å²) in [5, 5.41) is 0. The van der Waals surface area contributed by atoms with E-state index in [0.29, 0.717) is 36.1 Å². The van der Waals surface area contributed by atoms with Gasteiger partial charge in [-0.1, -0.05) is 30.3 Å². The van der Waals surface area contributed by atoms with Gasteiger partial charge in [-0.3, -0.25) is 0 Å². The van der Waals surface area contributed by atoms with Crippen LogP contribution in [-0.2, 0) is 13.0 Å². The summed E-state index contributed by atoms with van der Waals surface area (Å²) >= 11 is 0. The number of benzene rings is 2. The maximum absolute atomic E-state index is 5.96. The lowest BCUT2D eigenvalue weighted by atomic mass is 10.1. The number of nitrogen functional groups attached to an aromatic ring is 2. The molecule has 0 amide bonds. The summed E-state index contributed by atoms with van der Waals surface area (Å²) in [6.45, 7) is 0.408. The van der Waals surface area contributed by atoms with E-state index in [0.717, 1.165) is 16.7 Å². The van der Waals surface area contributed by atoms with E-state index < -0.39 is 0 Å². The van der Waals surface area contributed by atoms with E-state index in [2.05, 4.69) is 9.97 Å². The van der Waals surface area contributed by atoms with Gasteiger partial charge in [0.25, 0.3) is 0 Å². The minimum atomic E-state index is 0.149. The summed E-state index contributed by atoms with van der Waals surface area (Å²) in [6, 6.07) is 13.7. The topological polar surface area (TPSA) is 106 Å². The van der Waals surface area contributed by atoms with Gasteiger partial charge in [0, 0.05) is 18.2 Å². The van der Waals surface area contributed by atoms with Crippen molar-refractivity contribution in [2.75, 3.05) is 25.7 Å². The highest BCUT2D eigenvalue weighted by Gasteiger charge is 2.16. The zero-order chi connectivity index (χ0) is 19.2. The Hall–Kier alpha value is -3.48. The minimum Gasteiger partial charge on any atom is -0.493 e. The van der Waals surface area contributed by atoms with Crippen molar-refractivity contribution in [2.24, 2.45) is 0 Å². The molecule has 7 heteroatoms. The first-order valence-electron chi connectivity index (χ1n) is 8.39. The highest BCUT2D eigenvalue weighted by molar-refractivity contribution is 5.55. The van der Waals surface area contributed by atoms with Crippen LogP contribution in [0, 0.1) is 0 Å². The number of methoxy groups -OCH3 is 2. The third-order valence-electron chi connectivity index (χ3n) is 4.06. The van der Waals surface area contributed by atoms with Gasteiger partial charge in [-0.2, -0.15) is 4.98 Å². The molecule has 7 nitrogen and oxygen atoms in total. The number of rotatable bonds is 7. The molecule has 4 N–H and O–H groups in total. The maximum atomic E-state index is 5.96. The molecule has 0 saturated heterocycles. The van der Waals surface area contributed by atoms with Crippen molar-refractivity contribution >= 4 is 11.8 Å². The van der Waals surface area contributed by atoms with Crippen molar-refractivity contribution in [3.8, 4) is 17.2 Å². The second kappa shape index (κ2) is 8.27. The zero-order valence-electron chi connectivity index (χ0n) is 15.3. The Labute approximate surface area is 157 Å². The second-order valence-corrected chi connectivity index (χ2v) is 5.92. The predicted octanol–water partition coefficient (Wildman–Crippen LogP) is 2.83. The van der Waals surface area contributed by atoms with Crippen molar-refractivity contribution in [3.05, 3.63) is 65.4 Å². The zero-order valence-corrected chi connectivity index (χ0v) is 15.3. The molecule has 0 unspecified atom stereocenters. The van der Waals surface area contributed by atoms with E-state index in [4.69, 9.17) is 25.7 Å². The molecule has 0 aliphatic rings. The van der Waals surface area contributed by atoms with Crippen molar-refractivity contribution in [1.82, 2.24) is 9.97 Å². The van der Waals surface area contributed by atoms with Crippen LogP contribution in [0.2, 0.25) is 0 Å². The molecule has 27 heavy (non-hydrogen) atoms. The lowest BCUT2D eigenvalue weighted by Crippen LogP contribution is -2.05. The number of nitrogens with zero attached hydrogens (tertiary/aromatic N) is 2. The van der Waals surface area contributed by atoms with Gasteiger partial charge >= 0.3 is 0 Å². The summed E-state index contributed by atoms with van der Waals surface area (Å²) in [5.74, 6) is 2.21. The molecule has 3 rings (SSSR count). The Kier molecular flexibility index (Phi) is 5.61. The molecule has 0 bridgehead atoms. The Balaban J connectivity index is 1.87. The average molecular weight is 366 g/mol. The van der Waals surface area contributed by atoms with Gasteiger partial charge in [0.2, 0.25) is 11.7 Å². The van der Waals surface area contributed by atoms with E-state index in [1.807, 2.05) is 42.5 Å². The van der Waals surface area contributed by atoms with E-state index in [-0.39, 0.29) is 5.95 Å². The standard InChI is InChI=1S/C20H22N4O3/c1-25-16-9-14(8-15-11-23-20(22)24-19(15)21)10-17(26-2)18(16)27-12-13-6-4-3-5-7-13/h3-7,9-11H,8,12H2,1-2H3,(H4,21,22,23,24). The molecule has 0 aliphatic heterocycles. The third kappa shape index (κ3) is 4.38. The van der Waals surface area contributed by atoms with Crippen LogP contribution in [0.1, 0.15) is 16.7 Å². The molecule has 3 aromatic rings. The van der Waals surface area contributed by atoms with Gasteiger partial charge in [0.05, 0.1) is 14.2 Å². The normalized spacial score (nSPS) is 10.4. The smallest absolute Gasteiger partial charge is 0.221 e. The average Bonchev–Trinajstić information content (AvgIpc) is 2.69. The fourth-order valence-corrected chi connectivity index (χ4v) is 2.70. The van der Waals surface area contributed by atoms with Crippen LogP contribution in [0.5, 0.6) is 17.2 Å². The summed E-state index contributed by atoms with van der Waals surface area (Å²) < 4.78 is 17.0. The van der Waals surface area contributed by atoms with Crippen LogP contribution in [0.3, 0.4) is 0 Å². The molecule has 140 valence electrons. The highest BCUT2D eigenvalue weighted by Crippen LogP contribution is 2.39. The van der Waals surface area contributed by atoms with Crippen molar-refractivity contribution in [3.63, 3.8) is 0 Å². The maximum Gasteiger partial charge on any atom is 0.221 e. The number of hydrogen-bond donors (Lipinski definition) is 2. The highest BCUT2D eigenvalue weighted by atomic mass is 16.5. The lowest BCUT2D eigenvalue weighted by Gasteiger charge is -2.16. The Morgan fingerprint density at radius 1 is 0.926 bits per heavy atom. The molecule has 0 fully saturated rings. The molecule has 1 heterocycles. The fourth-order valence-electron chi connectivity index (χ4n) is 2.70. The van der Waals surface area contributed by atoms with E-state index in [1.165, 1.54) is 0 Å². The number of aromatic nitrogens is 2. The summed E-state index contributed by atoms with van der Waals surface area (Å²) in [6.07, 6.45) is 2.13. The second-order valence-electron chi connectivity index (χ2n) is 5.92. The van der Waals surface area contributed by atoms with E-state index >= 15 is 0 Å². The Morgan fingerprint density at radius 3 is 2.19 bits per heavy atom. The van der Waals surface area contributed by atoms with Crippen LogP contribution in [0.25, 0.3) is 0 Å². The molecule has 2 aromatic carbocycles. The summed E-state index contributed by atoms with van der Waals surface area (Å²) in [5.41, 5.74) is 14.2. The van der Waals surface area contributed by atoms with Crippen LogP contribution >= 0.6 is 0 Å². The minimum absolute atomic E-state index is 0.149. The predicted molar refractivity (Wildman–Crippen MR) is 104 cm³/mol. The fraction of sp³-hybridized carbons (Fsp3) is 0.200. The number of nitrogens with two attached hydrogens (primary N) is 2. The Bertz CT molecular complexity index is 891. The molecule has 0 saturated carbocycles. The van der Waals surface area contributed by atoms with Gasteiger partial charge in [0.1, 0.15) is 12.4 Å². The third-order valence-corrected chi connectivity index (χ3v) is 4.06. The van der Waals surface area contributed by atoms with Gasteiger partial charge in [-0.05, 0) is 23.3 Å². The summed E-state index contributed by atoms with van der Waals surface area (Å²) in [7, 11) is 3.18. The number of hydrogen-bond acceptors (Lipinski definition) is 7. The number of ether oxygens (including phenoxy) is 3. The first kappa shape index (κ1) is 18.3. The van der Waals surface area contributed by atoms with Crippen molar-refractivity contribution in [1.29, 1.82) is 0 Å². The van der Waals surface area contributed by atoms with Gasteiger partial charge in [-0.25, -0.2) is 4.98 Å². The lowest BCUT2D eigenvalue weighted by molar-refractivity contribution is 0.265. The first-order chi connectivity index (χ1) is 13.1. The SMILES string of the molecule is COc1cc(Cc2cnc(N)nc2N)cc(OC)c1OCc1ccccc1. The van der Waals surface area contributed by atoms with Gasteiger partial charge in [0.15, 0.2) is 11.5 Å².